The molecule has 0 saturated heterocycles. The van der Waals surface area contributed by atoms with Gasteiger partial charge in [0.05, 0.1) is 12.1 Å². The molecule has 0 fully saturated rings. The molecule has 0 aromatic heterocycles. The molecule has 0 spiro atoms. The number of hydrogen-bond acceptors (Lipinski definition) is 5. The van der Waals surface area contributed by atoms with E-state index in [0.717, 1.165) is 56.6 Å². The predicted octanol–water partition coefficient (Wildman–Crippen LogP) is 5.29. The van der Waals surface area contributed by atoms with Crippen molar-refractivity contribution in [1.82, 2.24) is 0 Å². The van der Waals surface area contributed by atoms with Gasteiger partial charge in [-0.2, -0.15) is 5.26 Å². The molecule has 30 heavy (non-hydrogen) atoms. The molecule has 1 unspecified atom stereocenters. The van der Waals surface area contributed by atoms with Crippen LogP contribution in [-0.2, 0) is 9.59 Å². The van der Waals surface area contributed by atoms with Gasteiger partial charge in [0.2, 0.25) is 0 Å². The average molecular weight is 428 g/mol. The molecule has 6 nitrogen and oxygen atoms in total. The molecule has 0 aliphatic heterocycles. The lowest BCUT2D eigenvalue weighted by Crippen LogP contribution is -2.29. The summed E-state index contributed by atoms with van der Waals surface area (Å²) in [4.78, 5) is 20.1. The number of aliphatic carboxylic acids is 1. The van der Waals surface area contributed by atoms with Gasteiger partial charge in [-0.15, -0.1) is 0 Å². The first kappa shape index (κ1) is 33.2. The van der Waals surface area contributed by atoms with E-state index in [0.29, 0.717) is 12.3 Å². The van der Waals surface area contributed by atoms with Gasteiger partial charge in [-0.05, 0) is 37.0 Å². The number of rotatable bonds is 14. The van der Waals surface area contributed by atoms with Gasteiger partial charge in [-0.1, -0.05) is 80.1 Å². The molecule has 6 heteroatoms. The maximum atomic E-state index is 10.2. The third-order valence-electron chi connectivity index (χ3n) is 4.43. The Labute approximate surface area is 185 Å². The van der Waals surface area contributed by atoms with Crippen LogP contribution in [0, 0.1) is 29.1 Å². The van der Waals surface area contributed by atoms with Gasteiger partial charge >= 0.3 is 5.97 Å². The number of carbonyl (C=O) groups is 2. The van der Waals surface area contributed by atoms with Gasteiger partial charge < -0.3 is 21.4 Å². The number of nitrogens with two attached hydrogens (primary N) is 2. The number of aldehydes is 1. The Morgan fingerprint density at radius 1 is 0.833 bits per heavy atom. The minimum absolute atomic E-state index is 0.251. The zero-order chi connectivity index (χ0) is 23.9. The molecule has 0 heterocycles. The van der Waals surface area contributed by atoms with Gasteiger partial charge in [0.1, 0.15) is 12.3 Å². The topological polar surface area (TPSA) is 130 Å². The lowest BCUT2D eigenvalue weighted by atomic mass is 10.0. The minimum Gasteiger partial charge on any atom is -0.480 e. The van der Waals surface area contributed by atoms with E-state index in [-0.39, 0.29) is 6.04 Å². The molecular formula is C24H49N3O3. The molecular weight excluding hydrogens is 378 g/mol. The van der Waals surface area contributed by atoms with Crippen LogP contribution >= 0.6 is 0 Å². The lowest BCUT2D eigenvalue weighted by molar-refractivity contribution is -0.138. The zero-order valence-electron chi connectivity index (χ0n) is 20.4. The number of carbonyl (C=O) groups excluding carboxylic acids is 1. The molecule has 178 valence electrons. The molecule has 2 atom stereocenters. The second-order valence-corrected chi connectivity index (χ2v) is 9.17. The number of hydrogen-bond donors (Lipinski definition) is 3. The minimum atomic E-state index is -0.895. The quantitative estimate of drug-likeness (QED) is 0.255. The highest BCUT2D eigenvalue weighted by molar-refractivity contribution is 5.72. The average Bonchev–Trinajstić information content (AvgIpc) is 2.65. The Hall–Kier alpha value is -1.45. The van der Waals surface area contributed by atoms with Crippen LogP contribution in [0.15, 0.2) is 0 Å². The van der Waals surface area contributed by atoms with Crippen molar-refractivity contribution in [3.05, 3.63) is 0 Å². The van der Waals surface area contributed by atoms with Crippen LogP contribution in [0.3, 0.4) is 0 Å². The van der Waals surface area contributed by atoms with E-state index in [1.807, 2.05) is 6.07 Å². The smallest absolute Gasteiger partial charge is 0.320 e. The van der Waals surface area contributed by atoms with E-state index in [4.69, 9.17) is 21.8 Å². The third-order valence-corrected chi connectivity index (χ3v) is 4.43. The molecule has 0 saturated carbocycles. The first-order valence-corrected chi connectivity index (χ1v) is 11.5. The Morgan fingerprint density at radius 2 is 1.27 bits per heavy atom. The van der Waals surface area contributed by atoms with E-state index < -0.39 is 12.0 Å². The van der Waals surface area contributed by atoms with E-state index in [9.17, 15) is 9.59 Å². The summed E-state index contributed by atoms with van der Waals surface area (Å²) >= 11 is 0. The number of nitrogens with zero attached hydrogens (tertiary/aromatic N) is 1. The summed E-state index contributed by atoms with van der Waals surface area (Å²) in [6.07, 6.45) is 10.9. The standard InChI is InChI=1S/C8H16N2.C8H17NO2.C8H16O/c1-7(2)4-3-5-8(10)6-9;1-6(2)4-3-5-7(9)8(10)11;1-8(2)6-4-3-5-7-9/h7-8H,3-5,10H2,1-2H3;6-7H,3-5,9H2,1-2H3,(H,10,11);7-8H,3-6H2,1-2H3/t;7-;/m.1./s1. The fourth-order valence-corrected chi connectivity index (χ4v) is 2.46. The van der Waals surface area contributed by atoms with E-state index in [2.05, 4.69) is 41.5 Å². The summed E-state index contributed by atoms with van der Waals surface area (Å²) < 4.78 is 0. The molecule has 0 bridgehead atoms. The molecule has 0 amide bonds. The van der Waals surface area contributed by atoms with Crippen LogP contribution in [0.25, 0.3) is 0 Å². The van der Waals surface area contributed by atoms with Crippen molar-refractivity contribution in [2.24, 2.45) is 29.2 Å². The molecule has 0 aliphatic carbocycles. The number of carboxylic acids is 1. The van der Waals surface area contributed by atoms with Crippen LogP contribution in [0.2, 0.25) is 0 Å². The molecule has 0 rings (SSSR count). The van der Waals surface area contributed by atoms with Crippen LogP contribution in [0.1, 0.15) is 106 Å². The first-order valence-electron chi connectivity index (χ1n) is 11.5. The largest absolute Gasteiger partial charge is 0.480 e. The van der Waals surface area contributed by atoms with Crippen LogP contribution < -0.4 is 11.5 Å². The van der Waals surface area contributed by atoms with Crippen molar-refractivity contribution in [3.8, 4) is 6.07 Å². The lowest BCUT2D eigenvalue weighted by Gasteiger charge is -2.06. The van der Waals surface area contributed by atoms with E-state index in [1.54, 1.807) is 0 Å². The SMILES string of the molecule is CC(C)CCCC(N)C#N.CC(C)CCCCC=O.CC(C)CCC[C@@H](N)C(=O)O. The summed E-state index contributed by atoms with van der Waals surface area (Å²) in [6.45, 7) is 13.0. The van der Waals surface area contributed by atoms with Gasteiger partial charge in [0.25, 0.3) is 0 Å². The van der Waals surface area contributed by atoms with Gasteiger partial charge in [-0.3, -0.25) is 4.79 Å². The number of nitriles is 1. The van der Waals surface area contributed by atoms with Crippen LogP contribution in [-0.4, -0.2) is 29.4 Å². The molecule has 0 aromatic rings. The number of unbranched alkanes of at least 4 members (excludes halogenated alkanes) is 2. The molecule has 0 aromatic carbocycles. The summed E-state index contributed by atoms with van der Waals surface area (Å²) in [5, 5.41) is 16.7. The Morgan fingerprint density at radius 3 is 1.63 bits per heavy atom. The van der Waals surface area contributed by atoms with Crippen molar-refractivity contribution in [3.63, 3.8) is 0 Å². The Kier molecular flexibility index (Phi) is 26.4. The van der Waals surface area contributed by atoms with Crippen molar-refractivity contribution >= 4 is 12.3 Å². The normalized spacial score (nSPS) is 12.3. The van der Waals surface area contributed by atoms with Gasteiger partial charge in [0.15, 0.2) is 0 Å². The molecule has 5 N–H and O–H groups in total. The highest BCUT2D eigenvalue weighted by atomic mass is 16.4. The maximum Gasteiger partial charge on any atom is 0.320 e. The van der Waals surface area contributed by atoms with E-state index in [1.165, 1.54) is 19.3 Å². The summed E-state index contributed by atoms with van der Waals surface area (Å²) in [5.74, 6) is 1.26. The highest BCUT2D eigenvalue weighted by Crippen LogP contribution is 2.08. The van der Waals surface area contributed by atoms with Crippen molar-refractivity contribution in [1.29, 1.82) is 5.26 Å². The van der Waals surface area contributed by atoms with Gasteiger partial charge in [0, 0.05) is 6.42 Å². The zero-order valence-corrected chi connectivity index (χ0v) is 20.4. The van der Waals surface area contributed by atoms with Crippen molar-refractivity contribution in [2.45, 2.75) is 118 Å². The Bertz CT molecular complexity index is 432. The monoisotopic (exact) mass is 427 g/mol. The summed E-state index contributed by atoms with van der Waals surface area (Å²) in [6, 6.07) is 1.09. The summed E-state index contributed by atoms with van der Waals surface area (Å²) in [5.41, 5.74) is 10.7. The fourth-order valence-electron chi connectivity index (χ4n) is 2.46. The van der Waals surface area contributed by atoms with E-state index >= 15 is 0 Å². The second-order valence-electron chi connectivity index (χ2n) is 9.17. The maximum absolute atomic E-state index is 10.2. The number of carboxylic acid groups (broad SMARTS) is 1. The molecule has 0 radical (unpaired) electrons. The first-order chi connectivity index (χ1) is 14.0. The second kappa shape index (κ2) is 23.8. The molecule has 0 aliphatic rings. The predicted molar refractivity (Wildman–Crippen MR) is 126 cm³/mol. The van der Waals surface area contributed by atoms with Gasteiger partial charge in [-0.25, -0.2) is 0 Å². The Balaban J connectivity index is -0.000000366. The third kappa shape index (κ3) is 34.1. The van der Waals surface area contributed by atoms with Crippen LogP contribution in [0.5, 0.6) is 0 Å². The highest BCUT2D eigenvalue weighted by Gasteiger charge is 2.10. The van der Waals surface area contributed by atoms with Crippen LogP contribution in [0.4, 0.5) is 0 Å². The van der Waals surface area contributed by atoms with Crippen molar-refractivity contribution < 1.29 is 14.7 Å². The van der Waals surface area contributed by atoms with Crippen molar-refractivity contribution in [2.75, 3.05) is 0 Å². The fraction of sp³-hybridized carbons (Fsp3) is 0.875. The summed E-state index contributed by atoms with van der Waals surface area (Å²) in [7, 11) is 0.